The molecule has 1 aromatic heterocycles. The molecule has 0 radical (unpaired) electrons. The Hall–Kier alpha value is -2.70. The number of aliphatic imine (C=N–C) groups is 1. The number of aromatic nitrogens is 2. The van der Waals surface area contributed by atoms with Crippen LogP contribution in [-0.4, -0.2) is 61.5 Å². The van der Waals surface area contributed by atoms with Gasteiger partial charge >= 0.3 is 0 Å². The van der Waals surface area contributed by atoms with Crippen LogP contribution >= 0.6 is 0 Å². The number of benzene rings is 1. The number of methoxy groups -OCH3 is 2. The highest BCUT2D eigenvalue weighted by molar-refractivity contribution is 5.79. The Morgan fingerprint density at radius 2 is 1.93 bits per heavy atom. The van der Waals surface area contributed by atoms with Crippen LogP contribution in [0.3, 0.4) is 0 Å². The molecule has 0 fully saturated rings. The van der Waals surface area contributed by atoms with Crippen molar-refractivity contribution < 1.29 is 9.47 Å². The van der Waals surface area contributed by atoms with Gasteiger partial charge in [-0.15, -0.1) is 0 Å². The van der Waals surface area contributed by atoms with Gasteiger partial charge in [-0.1, -0.05) is 6.07 Å². The molecule has 0 saturated heterocycles. The minimum atomic E-state index is 0.752. The zero-order chi connectivity index (χ0) is 21.2. The summed E-state index contributed by atoms with van der Waals surface area (Å²) >= 11 is 0. The van der Waals surface area contributed by atoms with Crippen LogP contribution < -0.4 is 14.8 Å². The molecule has 1 aromatic carbocycles. The molecule has 7 nitrogen and oxygen atoms in total. The first-order valence-corrected chi connectivity index (χ1v) is 10.2. The van der Waals surface area contributed by atoms with Gasteiger partial charge in [0, 0.05) is 38.9 Å². The van der Waals surface area contributed by atoms with Gasteiger partial charge < -0.3 is 19.7 Å². The summed E-state index contributed by atoms with van der Waals surface area (Å²) in [6.45, 7) is 9.57. The van der Waals surface area contributed by atoms with Crippen LogP contribution in [0, 0.1) is 13.8 Å². The smallest absolute Gasteiger partial charge is 0.193 e. The van der Waals surface area contributed by atoms with Crippen LogP contribution in [0.2, 0.25) is 0 Å². The second-order valence-corrected chi connectivity index (χ2v) is 7.10. The molecule has 0 bridgehead atoms. The van der Waals surface area contributed by atoms with Crippen LogP contribution in [0.5, 0.6) is 11.5 Å². The highest BCUT2D eigenvalue weighted by Gasteiger charge is 2.08. The van der Waals surface area contributed by atoms with E-state index >= 15 is 0 Å². The summed E-state index contributed by atoms with van der Waals surface area (Å²) in [5, 5.41) is 7.89. The molecule has 29 heavy (non-hydrogen) atoms. The van der Waals surface area contributed by atoms with Crippen molar-refractivity contribution in [2.45, 2.75) is 40.2 Å². The lowest BCUT2D eigenvalue weighted by Gasteiger charge is -2.22. The Labute approximate surface area is 174 Å². The minimum absolute atomic E-state index is 0.752. The minimum Gasteiger partial charge on any atom is -0.493 e. The van der Waals surface area contributed by atoms with E-state index in [0.717, 1.165) is 62.2 Å². The van der Waals surface area contributed by atoms with Gasteiger partial charge in [-0.25, -0.2) is 0 Å². The molecular weight excluding hydrogens is 366 g/mol. The summed E-state index contributed by atoms with van der Waals surface area (Å²) in [6, 6.07) is 8.17. The molecule has 7 heteroatoms. The maximum absolute atomic E-state index is 5.40. The topological polar surface area (TPSA) is 63.9 Å². The van der Waals surface area contributed by atoms with Gasteiger partial charge in [0.15, 0.2) is 17.5 Å². The van der Waals surface area contributed by atoms with Crippen molar-refractivity contribution in [2.75, 3.05) is 40.9 Å². The SMILES string of the molecule is CCNC(=NCCCn1nc(C)cc1C)N(C)CCc1ccc(OC)c(OC)c1. The molecule has 0 amide bonds. The maximum atomic E-state index is 5.40. The van der Waals surface area contributed by atoms with Gasteiger partial charge in [0.25, 0.3) is 0 Å². The summed E-state index contributed by atoms with van der Waals surface area (Å²) in [5.41, 5.74) is 3.47. The predicted molar refractivity (Wildman–Crippen MR) is 118 cm³/mol. The van der Waals surface area contributed by atoms with Crippen molar-refractivity contribution in [3.63, 3.8) is 0 Å². The average molecular weight is 402 g/mol. The molecule has 0 atom stereocenters. The maximum Gasteiger partial charge on any atom is 0.193 e. The number of nitrogens with zero attached hydrogens (tertiary/aromatic N) is 4. The Bertz CT molecular complexity index is 800. The highest BCUT2D eigenvalue weighted by atomic mass is 16.5. The van der Waals surface area contributed by atoms with Crippen LogP contribution in [0.15, 0.2) is 29.3 Å². The van der Waals surface area contributed by atoms with Crippen LogP contribution in [0.25, 0.3) is 0 Å². The summed E-state index contributed by atoms with van der Waals surface area (Å²) in [4.78, 5) is 6.95. The molecule has 0 aliphatic rings. The molecule has 0 spiro atoms. The highest BCUT2D eigenvalue weighted by Crippen LogP contribution is 2.27. The Morgan fingerprint density at radius 3 is 2.55 bits per heavy atom. The van der Waals surface area contributed by atoms with Gasteiger partial charge in [0.2, 0.25) is 0 Å². The number of guanidine groups is 1. The molecule has 2 rings (SSSR count). The molecule has 0 aliphatic carbocycles. The van der Waals surface area contributed by atoms with Crippen LogP contribution in [-0.2, 0) is 13.0 Å². The van der Waals surface area contributed by atoms with Crippen molar-refractivity contribution in [3.05, 3.63) is 41.2 Å². The zero-order valence-electron chi connectivity index (χ0n) is 18.7. The lowest BCUT2D eigenvalue weighted by molar-refractivity contribution is 0.354. The van der Waals surface area contributed by atoms with E-state index in [2.05, 4.69) is 53.0 Å². The summed E-state index contributed by atoms with van der Waals surface area (Å²) in [7, 11) is 5.39. The number of hydrogen-bond donors (Lipinski definition) is 1. The quantitative estimate of drug-likeness (QED) is 0.377. The molecule has 0 aliphatic heterocycles. The molecular formula is C22H35N5O2. The number of nitrogens with one attached hydrogen (secondary N) is 1. The van der Waals surface area contributed by atoms with E-state index in [0.29, 0.717) is 0 Å². The van der Waals surface area contributed by atoms with Crippen molar-refractivity contribution in [1.82, 2.24) is 20.0 Å². The first kappa shape index (κ1) is 22.6. The molecule has 2 aromatic rings. The van der Waals surface area contributed by atoms with Crippen LogP contribution in [0.1, 0.15) is 30.3 Å². The molecule has 1 N–H and O–H groups in total. The van der Waals surface area contributed by atoms with E-state index in [9.17, 15) is 0 Å². The first-order chi connectivity index (χ1) is 14.0. The van der Waals surface area contributed by atoms with Gasteiger partial charge in [0.05, 0.1) is 19.9 Å². The third-order valence-corrected chi connectivity index (χ3v) is 4.77. The number of rotatable bonds is 10. The van der Waals surface area contributed by atoms with E-state index in [4.69, 9.17) is 14.5 Å². The lowest BCUT2D eigenvalue weighted by atomic mass is 10.1. The number of aryl methyl sites for hydroxylation is 3. The van der Waals surface area contributed by atoms with E-state index < -0.39 is 0 Å². The normalized spacial score (nSPS) is 11.4. The standard InChI is InChI=1S/C22H35N5O2/c1-7-23-22(24-12-8-13-27-18(3)15-17(2)25-27)26(4)14-11-19-9-10-20(28-5)21(16-19)29-6/h9-10,15-16H,7-8,11-14H2,1-6H3,(H,23,24). The Balaban J connectivity index is 1.89. The predicted octanol–water partition coefficient (Wildman–Crippen LogP) is 3.05. The average Bonchev–Trinajstić information content (AvgIpc) is 3.05. The Kier molecular flexibility index (Phi) is 8.83. The number of hydrogen-bond acceptors (Lipinski definition) is 4. The van der Waals surface area contributed by atoms with Crippen molar-refractivity contribution in [1.29, 1.82) is 0 Å². The van der Waals surface area contributed by atoms with Crippen LogP contribution in [0.4, 0.5) is 0 Å². The number of ether oxygens (including phenoxy) is 2. The molecule has 0 unspecified atom stereocenters. The lowest BCUT2D eigenvalue weighted by Crippen LogP contribution is -2.40. The Morgan fingerprint density at radius 1 is 1.17 bits per heavy atom. The number of likely N-dealkylation sites (N-methyl/N-ethyl adjacent to an activating group) is 1. The molecule has 160 valence electrons. The van der Waals surface area contributed by atoms with E-state index in [-0.39, 0.29) is 0 Å². The third-order valence-electron chi connectivity index (χ3n) is 4.77. The molecule has 1 heterocycles. The fraction of sp³-hybridized carbons (Fsp3) is 0.545. The fourth-order valence-corrected chi connectivity index (χ4v) is 3.22. The summed E-state index contributed by atoms with van der Waals surface area (Å²) in [6.07, 6.45) is 1.85. The second kappa shape index (κ2) is 11.3. The van der Waals surface area contributed by atoms with E-state index in [1.807, 2.05) is 19.1 Å². The first-order valence-electron chi connectivity index (χ1n) is 10.2. The third kappa shape index (κ3) is 6.69. The largest absolute Gasteiger partial charge is 0.493 e. The van der Waals surface area contributed by atoms with Gasteiger partial charge in [-0.3, -0.25) is 9.67 Å². The van der Waals surface area contributed by atoms with Crippen molar-refractivity contribution in [3.8, 4) is 11.5 Å². The van der Waals surface area contributed by atoms with Crippen molar-refractivity contribution in [2.24, 2.45) is 4.99 Å². The second-order valence-electron chi connectivity index (χ2n) is 7.10. The monoisotopic (exact) mass is 401 g/mol. The molecule has 0 saturated carbocycles. The van der Waals surface area contributed by atoms with Gasteiger partial charge in [0.1, 0.15) is 0 Å². The van der Waals surface area contributed by atoms with Gasteiger partial charge in [-0.05, 0) is 57.4 Å². The van der Waals surface area contributed by atoms with E-state index in [1.165, 1.54) is 11.3 Å². The van der Waals surface area contributed by atoms with Crippen molar-refractivity contribution >= 4 is 5.96 Å². The zero-order valence-corrected chi connectivity index (χ0v) is 18.7. The summed E-state index contributed by atoms with van der Waals surface area (Å²) in [5.74, 6) is 2.45. The van der Waals surface area contributed by atoms with E-state index in [1.54, 1.807) is 14.2 Å². The summed E-state index contributed by atoms with van der Waals surface area (Å²) < 4.78 is 12.8. The van der Waals surface area contributed by atoms with Gasteiger partial charge in [-0.2, -0.15) is 5.10 Å². The fourth-order valence-electron chi connectivity index (χ4n) is 3.22.